The lowest BCUT2D eigenvalue weighted by molar-refractivity contribution is 0.133. The average molecular weight is 226 g/mol. The van der Waals surface area contributed by atoms with Crippen molar-refractivity contribution in [1.29, 1.82) is 0 Å². The lowest BCUT2D eigenvalue weighted by atomic mass is 10.2. The summed E-state index contributed by atoms with van der Waals surface area (Å²) in [5.74, 6) is 0.291. The highest BCUT2D eigenvalue weighted by Gasteiger charge is 2.05. The van der Waals surface area contributed by atoms with Crippen LogP contribution in [0.2, 0.25) is 0 Å². The average Bonchev–Trinajstić information content (AvgIpc) is 2.25. The molecule has 0 aliphatic carbocycles. The van der Waals surface area contributed by atoms with Gasteiger partial charge in [0.15, 0.2) is 0 Å². The fraction of sp³-hybridized carbons (Fsp3) is 0.538. The zero-order chi connectivity index (χ0) is 12.0. The minimum Gasteiger partial charge on any atom is -0.491 e. The molecule has 2 nitrogen and oxygen atoms in total. The van der Waals surface area contributed by atoms with E-state index in [1.165, 1.54) is 12.1 Å². The zero-order valence-electron chi connectivity index (χ0n) is 10.1. The van der Waals surface area contributed by atoms with Gasteiger partial charge in [0.1, 0.15) is 11.6 Å². The number of benzene rings is 1. The highest BCUT2D eigenvalue weighted by Crippen LogP contribution is 2.19. The molecular weight excluding hydrogens is 207 g/mol. The second-order valence-corrected chi connectivity index (χ2v) is 3.77. The van der Waals surface area contributed by atoms with Crippen LogP contribution in [0, 0.1) is 5.82 Å². The maximum Gasteiger partial charge on any atom is 0.127 e. The number of hydrogen-bond donors (Lipinski definition) is 0. The summed E-state index contributed by atoms with van der Waals surface area (Å²) in [6.07, 6.45) is 0.999. The lowest BCUT2D eigenvalue weighted by Crippen LogP contribution is -2.10. The van der Waals surface area contributed by atoms with Gasteiger partial charge in [0.2, 0.25) is 0 Å². The van der Waals surface area contributed by atoms with Crippen molar-refractivity contribution in [3.8, 4) is 5.75 Å². The predicted octanol–water partition coefficient (Wildman–Crippen LogP) is 3.54. The van der Waals surface area contributed by atoms with Gasteiger partial charge in [-0.05, 0) is 38.0 Å². The predicted molar refractivity (Wildman–Crippen MR) is 62.1 cm³/mol. The van der Waals surface area contributed by atoms with Gasteiger partial charge < -0.3 is 9.47 Å². The van der Waals surface area contributed by atoms with Crippen molar-refractivity contribution < 1.29 is 13.9 Å². The normalized spacial score (nSPS) is 12.5. The first-order valence-electron chi connectivity index (χ1n) is 5.69. The smallest absolute Gasteiger partial charge is 0.127 e. The molecule has 3 heteroatoms. The molecule has 0 saturated carbocycles. The van der Waals surface area contributed by atoms with Crippen LogP contribution in [0.15, 0.2) is 18.2 Å². The molecule has 90 valence electrons. The second-order valence-electron chi connectivity index (χ2n) is 3.77. The van der Waals surface area contributed by atoms with Crippen molar-refractivity contribution in [2.24, 2.45) is 0 Å². The van der Waals surface area contributed by atoms with Crippen LogP contribution in [0.25, 0.3) is 0 Å². The minimum atomic E-state index is -0.282. The van der Waals surface area contributed by atoms with E-state index in [0.717, 1.165) is 12.0 Å². The highest BCUT2D eigenvalue weighted by molar-refractivity contribution is 5.29. The first-order valence-corrected chi connectivity index (χ1v) is 5.69. The molecule has 0 aliphatic rings. The minimum absolute atomic E-state index is 0.0988. The van der Waals surface area contributed by atoms with Crippen LogP contribution in [-0.2, 0) is 11.3 Å². The van der Waals surface area contributed by atoms with Gasteiger partial charge in [0, 0.05) is 12.7 Å². The number of halogens is 1. The monoisotopic (exact) mass is 226 g/mol. The first kappa shape index (κ1) is 13.0. The zero-order valence-corrected chi connectivity index (χ0v) is 10.1. The van der Waals surface area contributed by atoms with E-state index in [1.807, 2.05) is 26.8 Å². The van der Waals surface area contributed by atoms with Gasteiger partial charge in [-0.1, -0.05) is 6.92 Å². The summed E-state index contributed by atoms with van der Waals surface area (Å²) in [4.78, 5) is 0. The Morgan fingerprint density at radius 3 is 2.62 bits per heavy atom. The van der Waals surface area contributed by atoms with Crippen LogP contribution in [-0.4, -0.2) is 12.7 Å². The Balaban J connectivity index is 2.73. The molecule has 0 aliphatic heterocycles. The van der Waals surface area contributed by atoms with Gasteiger partial charge in [-0.25, -0.2) is 4.39 Å². The Bertz CT molecular complexity index is 326. The molecule has 0 N–H and O–H groups in total. The Morgan fingerprint density at radius 2 is 2.00 bits per heavy atom. The van der Waals surface area contributed by atoms with Crippen LogP contribution < -0.4 is 4.74 Å². The summed E-state index contributed by atoms with van der Waals surface area (Å²) in [5, 5.41) is 0. The topological polar surface area (TPSA) is 18.5 Å². The summed E-state index contributed by atoms with van der Waals surface area (Å²) >= 11 is 0. The molecule has 1 aromatic carbocycles. The van der Waals surface area contributed by atoms with Crippen molar-refractivity contribution in [2.45, 2.75) is 39.9 Å². The van der Waals surface area contributed by atoms with Gasteiger partial charge in [0.05, 0.1) is 12.7 Å². The van der Waals surface area contributed by atoms with E-state index in [0.29, 0.717) is 19.0 Å². The molecule has 0 saturated heterocycles. The van der Waals surface area contributed by atoms with Gasteiger partial charge >= 0.3 is 0 Å². The third kappa shape index (κ3) is 4.19. The van der Waals surface area contributed by atoms with Gasteiger partial charge in [0.25, 0.3) is 0 Å². The Labute approximate surface area is 96.4 Å². The fourth-order valence-electron chi connectivity index (χ4n) is 1.31. The molecule has 1 atom stereocenters. The third-order valence-electron chi connectivity index (χ3n) is 2.32. The molecule has 0 aromatic heterocycles. The van der Waals surface area contributed by atoms with Gasteiger partial charge in [-0.2, -0.15) is 0 Å². The standard InChI is InChI=1S/C13H19FO2/c1-4-10(3)16-13-7-11(9-15-5-2)6-12(14)8-13/h6-8,10H,4-5,9H2,1-3H3. The van der Waals surface area contributed by atoms with Crippen molar-refractivity contribution >= 4 is 0 Å². The van der Waals surface area contributed by atoms with Crippen LogP contribution in [0.3, 0.4) is 0 Å². The van der Waals surface area contributed by atoms with Gasteiger partial charge in [-0.3, -0.25) is 0 Å². The lowest BCUT2D eigenvalue weighted by Gasteiger charge is -2.13. The number of rotatable bonds is 6. The Morgan fingerprint density at radius 1 is 1.25 bits per heavy atom. The Kier molecular flexibility index (Phi) is 5.26. The second kappa shape index (κ2) is 6.48. The molecule has 0 amide bonds. The largest absolute Gasteiger partial charge is 0.491 e. The van der Waals surface area contributed by atoms with E-state index in [2.05, 4.69) is 0 Å². The summed E-state index contributed by atoms with van der Waals surface area (Å²) in [6.45, 7) is 6.96. The first-order chi connectivity index (χ1) is 7.65. The van der Waals surface area contributed by atoms with Crippen molar-refractivity contribution in [3.63, 3.8) is 0 Å². The third-order valence-corrected chi connectivity index (χ3v) is 2.32. The molecule has 0 bridgehead atoms. The molecule has 16 heavy (non-hydrogen) atoms. The van der Waals surface area contributed by atoms with E-state index in [9.17, 15) is 4.39 Å². The fourth-order valence-corrected chi connectivity index (χ4v) is 1.31. The summed E-state index contributed by atoms with van der Waals surface area (Å²) < 4.78 is 24.1. The number of hydrogen-bond acceptors (Lipinski definition) is 2. The molecule has 1 rings (SSSR count). The maximum absolute atomic E-state index is 13.3. The molecule has 1 unspecified atom stereocenters. The van der Waals surface area contributed by atoms with Crippen molar-refractivity contribution in [2.75, 3.05) is 6.61 Å². The van der Waals surface area contributed by atoms with Crippen LogP contribution in [0.1, 0.15) is 32.8 Å². The molecule has 0 spiro atoms. The quantitative estimate of drug-likeness (QED) is 0.738. The van der Waals surface area contributed by atoms with Crippen molar-refractivity contribution in [3.05, 3.63) is 29.6 Å². The maximum atomic E-state index is 13.3. The van der Waals surface area contributed by atoms with Crippen LogP contribution >= 0.6 is 0 Å². The van der Waals surface area contributed by atoms with E-state index < -0.39 is 0 Å². The molecular formula is C13H19FO2. The van der Waals surface area contributed by atoms with Crippen LogP contribution in [0.5, 0.6) is 5.75 Å². The van der Waals surface area contributed by atoms with Crippen molar-refractivity contribution in [1.82, 2.24) is 0 Å². The van der Waals surface area contributed by atoms with E-state index >= 15 is 0 Å². The van der Waals surface area contributed by atoms with E-state index in [-0.39, 0.29) is 11.9 Å². The number of ether oxygens (including phenoxy) is 2. The molecule has 0 heterocycles. The molecule has 1 aromatic rings. The SMILES string of the molecule is CCOCc1cc(F)cc(OC(C)CC)c1. The van der Waals surface area contributed by atoms with E-state index in [1.54, 1.807) is 0 Å². The molecule has 0 radical (unpaired) electrons. The van der Waals surface area contributed by atoms with Gasteiger partial charge in [-0.15, -0.1) is 0 Å². The molecule has 0 fully saturated rings. The highest BCUT2D eigenvalue weighted by atomic mass is 19.1. The van der Waals surface area contributed by atoms with E-state index in [4.69, 9.17) is 9.47 Å². The van der Waals surface area contributed by atoms with Crippen LogP contribution in [0.4, 0.5) is 4.39 Å². The Hall–Kier alpha value is -1.09. The summed E-state index contributed by atoms with van der Waals surface area (Å²) in [6, 6.07) is 4.70. The summed E-state index contributed by atoms with van der Waals surface area (Å²) in [5.41, 5.74) is 0.806. The summed E-state index contributed by atoms with van der Waals surface area (Å²) in [7, 11) is 0.